The van der Waals surface area contributed by atoms with Crippen molar-refractivity contribution in [1.29, 1.82) is 0 Å². The van der Waals surface area contributed by atoms with Crippen molar-refractivity contribution >= 4 is 23.5 Å². The number of carboxylic acids is 1. The molecule has 1 aliphatic heterocycles. The predicted octanol–water partition coefficient (Wildman–Crippen LogP) is 1.64. The van der Waals surface area contributed by atoms with Crippen molar-refractivity contribution in [2.24, 2.45) is 0 Å². The van der Waals surface area contributed by atoms with Crippen LogP contribution in [0.1, 0.15) is 35.7 Å². The number of nitrogens with one attached hydrogen (secondary N) is 1. The zero-order valence-corrected chi connectivity index (χ0v) is 12.0. The van der Waals surface area contributed by atoms with Gasteiger partial charge in [0.15, 0.2) is 0 Å². The Morgan fingerprint density at radius 2 is 2.05 bits per heavy atom. The second-order valence-electron chi connectivity index (χ2n) is 5.21. The molecule has 1 fully saturated rings. The van der Waals surface area contributed by atoms with Gasteiger partial charge in [-0.05, 0) is 37.5 Å². The van der Waals surface area contributed by atoms with Crippen LogP contribution in [-0.2, 0) is 9.59 Å². The summed E-state index contributed by atoms with van der Waals surface area (Å²) in [5.74, 6) is -1.50. The van der Waals surface area contributed by atoms with Crippen LogP contribution in [0.25, 0.3) is 0 Å². The number of hydrogen-bond acceptors (Lipinski definition) is 3. The molecule has 0 aliphatic carbocycles. The molecular weight excluding hydrogens is 272 g/mol. The SMILES string of the molecule is CC(=O)Nc1ccc(C)c(C(=O)N2CCC[C@H]2C(=O)O)c1. The van der Waals surface area contributed by atoms with Gasteiger partial charge in [0, 0.05) is 24.7 Å². The first-order valence-corrected chi connectivity index (χ1v) is 6.82. The minimum atomic E-state index is -0.975. The molecule has 1 atom stereocenters. The van der Waals surface area contributed by atoms with Crippen molar-refractivity contribution in [2.45, 2.75) is 32.7 Å². The Bertz CT molecular complexity index is 597. The van der Waals surface area contributed by atoms with E-state index in [-0.39, 0.29) is 11.8 Å². The van der Waals surface area contributed by atoms with Crippen LogP contribution in [0, 0.1) is 6.92 Å². The monoisotopic (exact) mass is 290 g/mol. The summed E-state index contributed by atoms with van der Waals surface area (Å²) in [6.07, 6.45) is 1.17. The fraction of sp³-hybridized carbons (Fsp3) is 0.400. The molecule has 21 heavy (non-hydrogen) atoms. The highest BCUT2D eigenvalue weighted by molar-refractivity contribution is 6.00. The summed E-state index contributed by atoms with van der Waals surface area (Å²) in [7, 11) is 0. The Hall–Kier alpha value is -2.37. The predicted molar refractivity (Wildman–Crippen MR) is 77.2 cm³/mol. The molecule has 2 N–H and O–H groups in total. The lowest BCUT2D eigenvalue weighted by molar-refractivity contribution is -0.141. The zero-order valence-electron chi connectivity index (χ0n) is 12.0. The molecule has 2 rings (SSSR count). The molecule has 0 radical (unpaired) electrons. The summed E-state index contributed by atoms with van der Waals surface area (Å²) >= 11 is 0. The average molecular weight is 290 g/mol. The first kappa shape index (κ1) is 15.0. The minimum absolute atomic E-state index is 0.221. The number of benzene rings is 1. The number of amides is 2. The van der Waals surface area contributed by atoms with Crippen LogP contribution < -0.4 is 5.32 Å². The Morgan fingerprint density at radius 3 is 2.67 bits per heavy atom. The molecule has 1 heterocycles. The molecule has 0 saturated carbocycles. The van der Waals surface area contributed by atoms with Crippen molar-refractivity contribution in [3.8, 4) is 0 Å². The highest BCUT2D eigenvalue weighted by atomic mass is 16.4. The number of rotatable bonds is 3. The van der Waals surface area contributed by atoms with Crippen LogP contribution in [-0.4, -0.2) is 40.4 Å². The minimum Gasteiger partial charge on any atom is -0.480 e. The summed E-state index contributed by atoms with van der Waals surface area (Å²) < 4.78 is 0. The van der Waals surface area contributed by atoms with Crippen LogP contribution in [0.15, 0.2) is 18.2 Å². The van der Waals surface area contributed by atoms with E-state index in [0.29, 0.717) is 30.6 Å². The van der Waals surface area contributed by atoms with Crippen LogP contribution in [0.5, 0.6) is 0 Å². The molecule has 112 valence electrons. The highest BCUT2D eigenvalue weighted by Crippen LogP contribution is 2.23. The van der Waals surface area contributed by atoms with Gasteiger partial charge in [0.05, 0.1) is 0 Å². The number of anilines is 1. The summed E-state index contributed by atoms with van der Waals surface area (Å²) in [4.78, 5) is 36.2. The third-order valence-electron chi connectivity index (χ3n) is 3.59. The Kier molecular flexibility index (Phi) is 4.26. The lowest BCUT2D eigenvalue weighted by Gasteiger charge is -2.22. The van der Waals surface area contributed by atoms with E-state index < -0.39 is 12.0 Å². The van der Waals surface area contributed by atoms with E-state index in [4.69, 9.17) is 0 Å². The highest BCUT2D eigenvalue weighted by Gasteiger charge is 2.34. The maximum Gasteiger partial charge on any atom is 0.326 e. The van der Waals surface area contributed by atoms with Gasteiger partial charge in [0.2, 0.25) is 5.91 Å². The summed E-state index contributed by atoms with van der Waals surface area (Å²) in [5.41, 5.74) is 1.71. The Balaban J connectivity index is 2.29. The Labute approximate surface area is 122 Å². The van der Waals surface area contributed by atoms with E-state index in [2.05, 4.69) is 5.32 Å². The smallest absolute Gasteiger partial charge is 0.326 e. The molecule has 1 aromatic rings. The molecule has 1 aliphatic rings. The van der Waals surface area contributed by atoms with Gasteiger partial charge < -0.3 is 15.3 Å². The molecule has 0 aromatic heterocycles. The average Bonchev–Trinajstić information content (AvgIpc) is 2.89. The van der Waals surface area contributed by atoms with Gasteiger partial charge in [0.25, 0.3) is 5.91 Å². The molecule has 6 nitrogen and oxygen atoms in total. The molecule has 6 heteroatoms. The second kappa shape index (κ2) is 5.95. The number of carbonyl (C=O) groups is 3. The van der Waals surface area contributed by atoms with Crippen LogP contribution in [0.3, 0.4) is 0 Å². The van der Waals surface area contributed by atoms with Gasteiger partial charge in [-0.3, -0.25) is 9.59 Å². The number of likely N-dealkylation sites (tertiary alicyclic amines) is 1. The quantitative estimate of drug-likeness (QED) is 0.886. The van der Waals surface area contributed by atoms with Crippen LogP contribution in [0.2, 0.25) is 0 Å². The van der Waals surface area contributed by atoms with E-state index >= 15 is 0 Å². The number of nitrogens with zero attached hydrogens (tertiary/aromatic N) is 1. The van der Waals surface area contributed by atoms with Crippen LogP contribution in [0.4, 0.5) is 5.69 Å². The largest absolute Gasteiger partial charge is 0.480 e. The lowest BCUT2D eigenvalue weighted by atomic mass is 10.1. The summed E-state index contributed by atoms with van der Waals surface area (Å²) in [6, 6.07) is 4.29. The van der Waals surface area contributed by atoms with Crippen molar-refractivity contribution in [3.63, 3.8) is 0 Å². The lowest BCUT2D eigenvalue weighted by Crippen LogP contribution is -2.40. The summed E-state index contributed by atoms with van der Waals surface area (Å²) in [5, 5.41) is 11.8. The van der Waals surface area contributed by atoms with Crippen molar-refractivity contribution in [2.75, 3.05) is 11.9 Å². The van der Waals surface area contributed by atoms with E-state index in [1.165, 1.54) is 11.8 Å². The van der Waals surface area contributed by atoms with Gasteiger partial charge in [-0.2, -0.15) is 0 Å². The topological polar surface area (TPSA) is 86.7 Å². The van der Waals surface area contributed by atoms with Gasteiger partial charge in [0.1, 0.15) is 6.04 Å². The number of carboxylic acid groups (broad SMARTS) is 1. The number of hydrogen-bond donors (Lipinski definition) is 2. The van der Waals surface area contributed by atoms with Crippen molar-refractivity contribution in [1.82, 2.24) is 4.90 Å². The molecule has 1 aromatic carbocycles. The third-order valence-corrected chi connectivity index (χ3v) is 3.59. The molecule has 2 amide bonds. The van der Waals surface area contributed by atoms with E-state index in [9.17, 15) is 19.5 Å². The van der Waals surface area contributed by atoms with Gasteiger partial charge in [-0.15, -0.1) is 0 Å². The number of aliphatic carboxylic acids is 1. The number of aryl methyl sites for hydroxylation is 1. The fourth-order valence-electron chi connectivity index (χ4n) is 2.55. The molecular formula is C15H18N2O4. The van der Waals surface area contributed by atoms with Crippen LogP contribution >= 0.6 is 0 Å². The Morgan fingerprint density at radius 1 is 1.33 bits per heavy atom. The molecule has 1 saturated heterocycles. The van der Waals surface area contributed by atoms with E-state index in [1.807, 2.05) is 0 Å². The first-order valence-electron chi connectivity index (χ1n) is 6.82. The third kappa shape index (κ3) is 3.21. The molecule has 0 unspecified atom stereocenters. The second-order valence-corrected chi connectivity index (χ2v) is 5.21. The first-order chi connectivity index (χ1) is 9.90. The van der Waals surface area contributed by atoms with E-state index in [1.54, 1.807) is 25.1 Å². The maximum absolute atomic E-state index is 12.6. The van der Waals surface area contributed by atoms with Gasteiger partial charge in [-0.1, -0.05) is 6.07 Å². The number of carbonyl (C=O) groups excluding carboxylic acids is 2. The van der Waals surface area contributed by atoms with Crippen molar-refractivity contribution < 1.29 is 19.5 Å². The molecule has 0 bridgehead atoms. The standard InChI is InChI=1S/C15H18N2O4/c1-9-5-6-11(16-10(2)18)8-12(9)14(19)17-7-3-4-13(17)15(20)21/h5-6,8,13H,3-4,7H2,1-2H3,(H,16,18)(H,20,21)/t13-/m0/s1. The zero-order chi connectivity index (χ0) is 15.6. The van der Waals surface area contributed by atoms with Gasteiger partial charge >= 0.3 is 5.97 Å². The fourth-order valence-corrected chi connectivity index (χ4v) is 2.55. The van der Waals surface area contributed by atoms with Crippen molar-refractivity contribution in [3.05, 3.63) is 29.3 Å². The van der Waals surface area contributed by atoms with Gasteiger partial charge in [-0.25, -0.2) is 4.79 Å². The maximum atomic E-state index is 12.6. The molecule has 0 spiro atoms. The summed E-state index contributed by atoms with van der Waals surface area (Å²) in [6.45, 7) is 3.62. The van der Waals surface area contributed by atoms with E-state index in [0.717, 1.165) is 5.56 Å². The normalized spacial score (nSPS) is 17.6.